The molecule has 2 atom stereocenters. The van der Waals surface area contributed by atoms with E-state index in [2.05, 4.69) is 16.0 Å². The predicted molar refractivity (Wildman–Crippen MR) is 110 cm³/mol. The van der Waals surface area contributed by atoms with Gasteiger partial charge in [0.15, 0.2) is 6.10 Å². The van der Waals surface area contributed by atoms with Crippen molar-refractivity contribution >= 4 is 23.9 Å². The van der Waals surface area contributed by atoms with Crippen molar-refractivity contribution in [1.82, 2.24) is 16.0 Å². The number of hydrogen-bond acceptors (Lipinski definition) is 6. The second kappa shape index (κ2) is 16.0. The van der Waals surface area contributed by atoms with Gasteiger partial charge in [-0.15, -0.1) is 0 Å². The van der Waals surface area contributed by atoms with Crippen molar-refractivity contribution in [1.29, 1.82) is 10.8 Å². The van der Waals surface area contributed by atoms with E-state index < -0.39 is 18.1 Å². The lowest BCUT2D eigenvalue weighted by Crippen LogP contribution is -2.45. The molecule has 2 amide bonds. The number of aliphatic hydroxyl groups excluding tert-OH is 2. The lowest BCUT2D eigenvalue weighted by Gasteiger charge is -2.18. The maximum absolute atomic E-state index is 11.8. The Bertz CT molecular complexity index is 485. The molecule has 0 rings (SSSR count). The fourth-order valence-corrected chi connectivity index (χ4v) is 2.50. The normalized spacial score (nSPS) is 12.9. The minimum Gasteiger partial charge on any atom is -0.390 e. The smallest absolute Gasteiger partial charge is 0.251 e. The highest BCUT2D eigenvalue weighted by Crippen LogP contribution is 2.05. The van der Waals surface area contributed by atoms with Crippen LogP contribution in [0.2, 0.25) is 0 Å². The average Bonchev–Trinajstić information content (AvgIpc) is 2.64. The van der Waals surface area contributed by atoms with Crippen molar-refractivity contribution in [3.8, 4) is 0 Å². The third-order valence-electron chi connectivity index (χ3n) is 4.04. The van der Waals surface area contributed by atoms with Crippen LogP contribution in [-0.4, -0.2) is 65.4 Å². The van der Waals surface area contributed by atoms with Gasteiger partial charge in [0.05, 0.1) is 11.9 Å². The van der Waals surface area contributed by atoms with Gasteiger partial charge in [0.1, 0.15) is 0 Å². The molecule has 0 fully saturated rings. The highest BCUT2D eigenvalue weighted by molar-refractivity contribution is 5.82. The zero-order valence-electron chi connectivity index (χ0n) is 17.1. The number of rotatable bonds is 16. The summed E-state index contributed by atoms with van der Waals surface area (Å²) in [5.74, 6) is -0.534. The molecule has 0 aromatic carbocycles. The maximum Gasteiger partial charge on any atom is 0.251 e. The SMILES string of the molecule is CC(C)NC(=O)CCC(O)C(O)C(=O)NCCNC(=N)CCCCCCC=N. The molecule has 2 unspecified atom stereocenters. The molecular weight excluding hydrogens is 362 g/mol. The Hall–Kier alpha value is -2.00. The molecule has 28 heavy (non-hydrogen) atoms. The number of unbranched alkanes of at least 4 members (excludes halogenated alkanes) is 4. The maximum atomic E-state index is 11.8. The van der Waals surface area contributed by atoms with E-state index in [0.717, 1.165) is 32.1 Å². The van der Waals surface area contributed by atoms with E-state index in [9.17, 15) is 19.8 Å². The minimum atomic E-state index is -1.59. The molecule has 0 aliphatic carbocycles. The van der Waals surface area contributed by atoms with E-state index in [1.807, 2.05) is 13.8 Å². The van der Waals surface area contributed by atoms with Crippen LogP contribution in [0.1, 0.15) is 65.2 Å². The second-order valence-electron chi connectivity index (χ2n) is 7.13. The van der Waals surface area contributed by atoms with Gasteiger partial charge in [-0.3, -0.25) is 15.0 Å². The van der Waals surface area contributed by atoms with E-state index in [-0.39, 0.29) is 31.3 Å². The highest BCUT2D eigenvalue weighted by atomic mass is 16.3. The van der Waals surface area contributed by atoms with Crippen LogP contribution in [0, 0.1) is 10.8 Å². The summed E-state index contributed by atoms with van der Waals surface area (Å²) in [4.78, 5) is 23.4. The Morgan fingerprint density at radius 3 is 2.29 bits per heavy atom. The van der Waals surface area contributed by atoms with Gasteiger partial charge < -0.3 is 31.6 Å². The van der Waals surface area contributed by atoms with Crippen LogP contribution >= 0.6 is 0 Å². The van der Waals surface area contributed by atoms with Crippen molar-refractivity contribution in [3.63, 3.8) is 0 Å². The summed E-state index contributed by atoms with van der Waals surface area (Å²) < 4.78 is 0. The largest absolute Gasteiger partial charge is 0.390 e. The summed E-state index contributed by atoms with van der Waals surface area (Å²) in [5.41, 5.74) is 0. The van der Waals surface area contributed by atoms with Crippen molar-refractivity contribution in [2.24, 2.45) is 0 Å². The summed E-state index contributed by atoms with van der Waals surface area (Å²) >= 11 is 0. The molecule has 0 spiro atoms. The Kier molecular flexibility index (Phi) is 14.9. The van der Waals surface area contributed by atoms with Gasteiger partial charge in [-0.2, -0.15) is 0 Å². The van der Waals surface area contributed by atoms with E-state index in [4.69, 9.17) is 10.8 Å². The molecule has 0 saturated carbocycles. The van der Waals surface area contributed by atoms with Crippen molar-refractivity contribution in [2.45, 2.75) is 83.5 Å². The van der Waals surface area contributed by atoms with Crippen LogP contribution in [0.3, 0.4) is 0 Å². The zero-order chi connectivity index (χ0) is 21.4. The van der Waals surface area contributed by atoms with Gasteiger partial charge in [0, 0.05) is 32.0 Å². The predicted octanol–water partition coefficient (Wildman–Crippen LogP) is 0.686. The summed E-state index contributed by atoms with van der Waals surface area (Å²) in [7, 11) is 0. The summed E-state index contributed by atoms with van der Waals surface area (Å²) in [6, 6.07) is -0.00328. The monoisotopic (exact) mass is 399 g/mol. The average molecular weight is 400 g/mol. The van der Waals surface area contributed by atoms with E-state index >= 15 is 0 Å². The fourth-order valence-electron chi connectivity index (χ4n) is 2.50. The van der Waals surface area contributed by atoms with Gasteiger partial charge in [0.2, 0.25) is 5.91 Å². The number of hydrogen-bond donors (Lipinski definition) is 7. The molecule has 7 N–H and O–H groups in total. The number of amides is 2. The van der Waals surface area contributed by atoms with Crippen LogP contribution in [0.25, 0.3) is 0 Å². The van der Waals surface area contributed by atoms with Gasteiger partial charge >= 0.3 is 0 Å². The fraction of sp³-hybridized carbons (Fsp3) is 0.789. The van der Waals surface area contributed by atoms with Gasteiger partial charge in [-0.25, -0.2) is 0 Å². The zero-order valence-corrected chi connectivity index (χ0v) is 17.1. The van der Waals surface area contributed by atoms with Crippen molar-refractivity contribution in [2.75, 3.05) is 13.1 Å². The van der Waals surface area contributed by atoms with Crippen LogP contribution in [-0.2, 0) is 9.59 Å². The second-order valence-corrected chi connectivity index (χ2v) is 7.13. The van der Waals surface area contributed by atoms with Gasteiger partial charge in [-0.05, 0) is 45.7 Å². The molecule has 9 nitrogen and oxygen atoms in total. The van der Waals surface area contributed by atoms with Gasteiger partial charge in [-0.1, -0.05) is 12.8 Å². The number of nitrogens with one attached hydrogen (secondary N) is 5. The molecule has 162 valence electrons. The molecule has 0 aliphatic rings. The van der Waals surface area contributed by atoms with E-state index in [1.54, 1.807) is 0 Å². The first-order valence-corrected chi connectivity index (χ1v) is 10.0. The van der Waals surface area contributed by atoms with Crippen LogP contribution < -0.4 is 16.0 Å². The number of carbonyl (C=O) groups is 2. The Balaban J connectivity index is 3.82. The topological polar surface area (TPSA) is 158 Å². The first-order valence-electron chi connectivity index (χ1n) is 10.0. The molecule has 0 saturated heterocycles. The van der Waals surface area contributed by atoms with Crippen LogP contribution in [0.15, 0.2) is 0 Å². The number of carbonyl (C=O) groups excluding carboxylic acids is 2. The van der Waals surface area contributed by atoms with Crippen molar-refractivity contribution < 1.29 is 19.8 Å². The number of amidine groups is 1. The Morgan fingerprint density at radius 1 is 1.00 bits per heavy atom. The molecule has 0 heterocycles. The molecule has 0 bridgehead atoms. The molecular formula is C19H37N5O4. The van der Waals surface area contributed by atoms with E-state index in [1.165, 1.54) is 6.21 Å². The van der Waals surface area contributed by atoms with Gasteiger partial charge in [0.25, 0.3) is 5.91 Å². The lowest BCUT2D eigenvalue weighted by atomic mass is 10.1. The third-order valence-corrected chi connectivity index (χ3v) is 4.04. The summed E-state index contributed by atoms with van der Waals surface area (Å²) in [6.45, 7) is 4.23. The molecule has 0 aromatic heterocycles. The summed E-state index contributed by atoms with van der Waals surface area (Å²) in [6.07, 6.45) is 3.98. The molecule has 0 aliphatic heterocycles. The van der Waals surface area contributed by atoms with Crippen LogP contribution in [0.4, 0.5) is 0 Å². The first-order chi connectivity index (χ1) is 13.3. The molecule has 0 aromatic rings. The first kappa shape index (κ1) is 26.0. The minimum absolute atomic E-state index is 0.00328. The van der Waals surface area contributed by atoms with Crippen LogP contribution in [0.5, 0.6) is 0 Å². The number of aliphatic hydroxyl groups is 2. The standard InChI is InChI=1S/C19H37N5O4/c1-14(2)24-17(26)10-9-15(25)18(27)19(28)23-13-12-22-16(21)8-6-4-3-5-7-11-20/h11,14-15,18,20,25,27H,3-10,12-13H2,1-2H3,(H2,21,22)(H,23,28)(H,24,26). The lowest BCUT2D eigenvalue weighted by molar-refractivity contribution is -0.136. The van der Waals surface area contributed by atoms with E-state index in [0.29, 0.717) is 18.8 Å². The quantitative estimate of drug-likeness (QED) is 0.115. The molecule has 9 heteroatoms. The molecule has 0 radical (unpaired) electrons. The Morgan fingerprint density at radius 2 is 1.64 bits per heavy atom. The van der Waals surface area contributed by atoms with Crippen molar-refractivity contribution in [3.05, 3.63) is 0 Å². The summed E-state index contributed by atoms with van der Waals surface area (Å²) in [5, 5.41) is 42.5. The Labute approximate surface area is 167 Å². The third kappa shape index (κ3) is 14.1. The highest BCUT2D eigenvalue weighted by Gasteiger charge is 2.24.